The first-order chi connectivity index (χ1) is 26.3. The Kier molecular flexibility index (Phi) is 4.49. The average molecular weight is 678 g/mol. The van der Waals surface area contributed by atoms with Crippen LogP contribution in [-0.2, 0) is 0 Å². The zero-order chi connectivity index (χ0) is 34.1. The molecule has 0 aliphatic carbocycles. The maximum atomic E-state index is 6.77. The predicted molar refractivity (Wildman–Crippen MR) is 216 cm³/mol. The third-order valence-electron chi connectivity index (χ3n) is 11.7. The number of aromatic nitrogens is 1. The van der Waals surface area contributed by atoms with Crippen LogP contribution in [-0.4, -0.2) is 4.40 Å². The van der Waals surface area contributed by atoms with Gasteiger partial charge in [0.15, 0.2) is 11.2 Å². The van der Waals surface area contributed by atoms with Gasteiger partial charge in [0, 0.05) is 64.6 Å². The SMILES string of the molecule is c1ccc2c(c1)oc1c(-c3cc4c5ccc6c7ccccc7oc6c5n5c4c(c3)c3ccc4c6ccccc6oc4c35)c3oc4ccccc4c3cc12. The molecule has 14 aromatic rings. The summed E-state index contributed by atoms with van der Waals surface area (Å²) >= 11 is 0. The zero-order valence-electron chi connectivity index (χ0n) is 27.9. The summed E-state index contributed by atoms with van der Waals surface area (Å²) in [5.41, 5.74) is 12.0. The van der Waals surface area contributed by atoms with Crippen LogP contribution in [0.2, 0.25) is 0 Å². The molecule has 0 amide bonds. The molecule has 6 heterocycles. The fraction of sp³-hybridized carbons (Fsp3) is 0. The summed E-state index contributed by atoms with van der Waals surface area (Å²) in [6.45, 7) is 0. The summed E-state index contributed by atoms with van der Waals surface area (Å²) in [5.74, 6) is 0. The molecule has 0 spiro atoms. The second kappa shape index (κ2) is 8.97. The fourth-order valence-electron chi connectivity index (χ4n) is 9.49. The van der Waals surface area contributed by atoms with Crippen LogP contribution in [0.1, 0.15) is 0 Å². The molecule has 0 unspecified atom stereocenters. The largest absolute Gasteiger partial charge is 0.455 e. The van der Waals surface area contributed by atoms with E-state index in [1.54, 1.807) is 0 Å². The van der Waals surface area contributed by atoms with Gasteiger partial charge in [0.25, 0.3) is 0 Å². The van der Waals surface area contributed by atoms with Gasteiger partial charge in [0.2, 0.25) is 0 Å². The second-order valence-corrected chi connectivity index (χ2v) is 14.3. The van der Waals surface area contributed by atoms with Crippen LogP contribution >= 0.6 is 0 Å². The summed E-state index contributed by atoms with van der Waals surface area (Å²) in [6.07, 6.45) is 0. The van der Waals surface area contributed by atoms with Gasteiger partial charge in [0.05, 0.1) is 22.1 Å². The van der Waals surface area contributed by atoms with Crippen molar-refractivity contribution in [3.05, 3.63) is 140 Å². The standard InChI is InChI=1S/C48H23NO4/c1-5-13-37-25(9-1)31-19-17-29-33-21-24(41-45-35(27-11-3-7-15-39(27)50-45)23-36-28-12-4-8-16-40(28)51-46(36)41)22-34-30-18-20-32-26-10-2-6-14-38(26)53-48(32)44(30)49(42(33)34)43(29)47(31)52-37/h1-23H. The van der Waals surface area contributed by atoms with Gasteiger partial charge in [-0.05, 0) is 60.2 Å². The first kappa shape index (κ1) is 26.6. The van der Waals surface area contributed by atoms with E-state index < -0.39 is 0 Å². The van der Waals surface area contributed by atoms with Crippen molar-refractivity contribution in [1.29, 1.82) is 0 Å². The van der Waals surface area contributed by atoms with Gasteiger partial charge in [-0.25, -0.2) is 0 Å². The molecule has 14 rings (SSSR count). The molecule has 0 saturated heterocycles. The fourth-order valence-corrected chi connectivity index (χ4v) is 9.49. The van der Waals surface area contributed by atoms with Gasteiger partial charge in [-0.1, -0.05) is 84.9 Å². The molecule has 5 nitrogen and oxygen atoms in total. The quantitative estimate of drug-likeness (QED) is 0.173. The lowest BCUT2D eigenvalue weighted by Gasteiger charge is -2.07. The molecule has 0 bridgehead atoms. The lowest BCUT2D eigenvalue weighted by atomic mass is 9.95. The van der Waals surface area contributed by atoms with E-state index >= 15 is 0 Å². The Balaban J connectivity index is 1.24. The minimum atomic E-state index is 0.818. The minimum absolute atomic E-state index is 0.818. The highest BCUT2D eigenvalue weighted by Crippen LogP contribution is 2.50. The van der Waals surface area contributed by atoms with Crippen LogP contribution in [0.25, 0.3) is 137 Å². The monoisotopic (exact) mass is 677 g/mol. The Morgan fingerprint density at radius 3 is 1.11 bits per heavy atom. The van der Waals surface area contributed by atoms with Crippen molar-refractivity contribution in [2.75, 3.05) is 0 Å². The van der Waals surface area contributed by atoms with Crippen molar-refractivity contribution in [3.8, 4) is 11.1 Å². The molecule has 6 aromatic heterocycles. The highest BCUT2D eigenvalue weighted by molar-refractivity contribution is 6.33. The molecular formula is C48H23NO4. The van der Waals surface area contributed by atoms with E-state index in [1.807, 2.05) is 36.4 Å². The van der Waals surface area contributed by atoms with Crippen LogP contribution in [0.3, 0.4) is 0 Å². The van der Waals surface area contributed by atoms with E-state index in [0.717, 1.165) is 137 Å². The van der Waals surface area contributed by atoms with Gasteiger partial charge < -0.3 is 22.1 Å². The van der Waals surface area contributed by atoms with Crippen LogP contribution in [0.5, 0.6) is 0 Å². The van der Waals surface area contributed by atoms with Crippen LogP contribution < -0.4 is 0 Å². The Hall–Kier alpha value is -7.24. The predicted octanol–water partition coefficient (Wildman–Crippen LogP) is 14.1. The van der Waals surface area contributed by atoms with Crippen molar-refractivity contribution in [2.45, 2.75) is 0 Å². The van der Waals surface area contributed by atoms with Crippen LogP contribution in [0.15, 0.2) is 157 Å². The lowest BCUT2D eigenvalue weighted by molar-refractivity contribution is 0.658. The summed E-state index contributed by atoms with van der Waals surface area (Å²) in [4.78, 5) is 0. The zero-order valence-corrected chi connectivity index (χ0v) is 27.9. The molecule has 0 fully saturated rings. The lowest BCUT2D eigenvalue weighted by Crippen LogP contribution is -1.83. The molecule has 0 radical (unpaired) electrons. The molecule has 0 saturated carbocycles. The first-order valence-corrected chi connectivity index (χ1v) is 17.9. The highest BCUT2D eigenvalue weighted by Gasteiger charge is 2.27. The van der Waals surface area contributed by atoms with Gasteiger partial charge in [-0.3, -0.25) is 0 Å². The Labute approximate surface area is 297 Å². The van der Waals surface area contributed by atoms with Crippen molar-refractivity contribution >= 4 is 126 Å². The van der Waals surface area contributed by atoms with Gasteiger partial charge in [0.1, 0.15) is 33.5 Å². The van der Waals surface area contributed by atoms with E-state index in [1.165, 1.54) is 0 Å². The summed E-state index contributed by atoms with van der Waals surface area (Å²) in [7, 11) is 0. The number of hydrogen-bond acceptors (Lipinski definition) is 4. The topological polar surface area (TPSA) is 57.0 Å². The number of hydrogen-bond donors (Lipinski definition) is 0. The van der Waals surface area contributed by atoms with E-state index in [4.69, 9.17) is 17.7 Å². The number of benzene rings is 8. The molecule has 0 N–H and O–H groups in total. The smallest absolute Gasteiger partial charge is 0.160 e. The third kappa shape index (κ3) is 3.09. The van der Waals surface area contributed by atoms with Crippen molar-refractivity contribution in [3.63, 3.8) is 0 Å². The van der Waals surface area contributed by atoms with Gasteiger partial charge in [-0.2, -0.15) is 0 Å². The molecule has 53 heavy (non-hydrogen) atoms. The number of nitrogens with zero attached hydrogens (tertiary/aromatic N) is 1. The van der Waals surface area contributed by atoms with E-state index in [0.29, 0.717) is 0 Å². The Morgan fingerprint density at radius 1 is 0.283 bits per heavy atom. The number of para-hydroxylation sites is 4. The maximum absolute atomic E-state index is 6.77. The molecule has 0 atom stereocenters. The molecule has 244 valence electrons. The van der Waals surface area contributed by atoms with E-state index in [9.17, 15) is 0 Å². The molecule has 8 aromatic carbocycles. The highest BCUT2D eigenvalue weighted by atomic mass is 16.3. The van der Waals surface area contributed by atoms with E-state index in [-0.39, 0.29) is 0 Å². The Bertz CT molecular complexity index is 3670. The number of furan rings is 4. The average Bonchev–Trinajstić information content (AvgIpc) is 4.04. The molecule has 5 heteroatoms. The molecule has 0 aliphatic heterocycles. The summed E-state index contributed by atoms with van der Waals surface area (Å²) in [6, 6.07) is 49.0. The van der Waals surface area contributed by atoms with Gasteiger partial charge >= 0.3 is 0 Å². The first-order valence-electron chi connectivity index (χ1n) is 17.9. The molecule has 0 aliphatic rings. The third-order valence-corrected chi connectivity index (χ3v) is 11.7. The van der Waals surface area contributed by atoms with Gasteiger partial charge in [-0.15, -0.1) is 0 Å². The normalized spacial score (nSPS) is 12.9. The number of rotatable bonds is 1. The Morgan fingerprint density at radius 2 is 0.660 bits per heavy atom. The van der Waals surface area contributed by atoms with Crippen molar-refractivity contribution in [1.82, 2.24) is 4.40 Å². The minimum Gasteiger partial charge on any atom is -0.455 e. The van der Waals surface area contributed by atoms with Crippen molar-refractivity contribution in [2.24, 2.45) is 0 Å². The molecular weight excluding hydrogens is 655 g/mol. The summed E-state index contributed by atoms with van der Waals surface area (Å²) < 4.78 is 29.5. The van der Waals surface area contributed by atoms with Crippen molar-refractivity contribution < 1.29 is 17.7 Å². The number of fused-ring (bicyclic) bond motifs is 20. The van der Waals surface area contributed by atoms with Crippen LogP contribution in [0, 0.1) is 0 Å². The van der Waals surface area contributed by atoms with Crippen LogP contribution in [0.4, 0.5) is 0 Å². The second-order valence-electron chi connectivity index (χ2n) is 14.3. The maximum Gasteiger partial charge on any atom is 0.160 e. The van der Waals surface area contributed by atoms with E-state index in [2.05, 4.69) is 108 Å². The summed E-state index contributed by atoms with van der Waals surface area (Å²) in [5, 5.41) is 13.2.